The lowest BCUT2D eigenvalue weighted by atomic mass is 10.0. The van der Waals surface area contributed by atoms with E-state index in [1.807, 2.05) is 4.90 Å². The Kier molecular flexibility index (Phi) is 5.33. The summed E-state index contributed by atoms with van der Waals surface area (Å²) < 4.78 is 13.3. The van der Waals surface area contributed by atoms with Crippen LogP contribution in [0.2, 0.25) is 0 Å². The van der Waals surface area contributed by atoms with E-state index < -0.39 is 0 Å². The van der Waals surface area contributed by atoms with Crippen molar-refractivity contribution < 1.29 is 14.0 Å². The quantitative estimate of drug-likeness (QED) is 0.634. The molecule has 1 aromatic carbocycles. The van der Waals surface area contributed by atoms with Gasteiger partial charge in [-0.15, -0.1) is 0 Å². The van der Waals surface area contributed by atoms with E-state index >= 15 is 0 Å². The molecular weight excluding hydrogens is 374 g/mol. The Morgan fingerprint density at radius 1 is 1.25 bits per heavy atom. The minimum Gasteiger partial charge on any atom is -0.349 e. The third kappa shape index (κ3) is 3.91. The first-order valence-corrected chi connectivity index (χ1v) is 8.03. The molecule has 2 amide bonds. The number of carbonyl (C=O) groups is 2. The topological polar surface area (TPSA) is 49.4 Å². The highest BCUT2D eigenvalue weighted by Crippen LogP contribution is 2.12. The second-order valence-corrected chi connectivity index (χ2v) is 5.53. The van der Waals surface area contributed by atoms with Gasteiger partial charge in [0.2, 0.25) is 5.91 Å². The summed E-state index contributed by atoms with van der Waals surface area (Å²) in [6.07, 6.45) is 1.52. The van der Waals surface area contributed by atoms with Crippen LogP contribution in [0.1, 0.15) is 23.2 Å². The highest BCUT2D eigenvalue weighted by Gasteiger charge is 2.23. The minimum atomic E-state index is -0.354. The molecule has 0 aliphatic carbocycles. The molecule has 0 bridgehead atoms. The number of nitrogens with one attached hydrogen (secondary N) is 1. The van der Waals surface area contributed by atoms with E-state index in [4.69, 9.17) is 0 Å². The van der Waals surface area contributed by atoms with Gasteiger partial charge in [0.1, 0.15) is 5.82 Å². The van der Waals surface area contributed by atoms with Crippen LogP contribution in [0, 0.1) is 5.82 Å². The van der Waals surface area contributed by atoms with Crippen LogP contribution in [-0.2, 0) is 4.79 Å². The van der Waals surface area contributed by atoms with E-state index in [1.165, 1.54) is 24.3 Å². The molecule has 4 nitrogen and oxygen atoms in total. The van der Waals surface area contributed by atoms with E-state index in [0.717, 1.165) is 12.8 Å². The first-order valence-electron chi connectivity index (χ1n) is 6.50. The van der Waals surface area contributed by atoms with Crippen LogP contribution in [0.25, 0.3) is 0 Å². The Morgan fingerprint density at radius 2 is 1.85 bits per heavy atom. The van der Waals surface area contributed by atoms with E-state index in [9.17, 15) is 14.0 Å². The second kappa shape index (κ2) is 7.01. The molecule has 6 heteroatoms. The molecule has 1 heterocycles. The van der Waals surface area contributed by atoms with Crippen LogP contribution in [0.4, 0.5) is 4.39 Å². The Labute approximate surface area is 130 Å². The van der Waals surface area contributed by atoms with Gasteiger partial charge in [0.05, 0.1) is 4.43 Å². The summed E-state index contributed by atoms with van der Waals surface area (Å²) >= 11 is 2.06. The largest absolute Gasteiger partial charge is 0.349 e. The number of likely N-dealkylation sites (tertiary alicyclic amines) is 1. The maximum atomic E-state index is 12.8. The highest BCUT2D eigenvalue weighted by atomic mass is 127. The summed E-state index contributed by atoms with van der Waals surface area (Å²) in [5.41, 5.74) is 0.456. The number of hydrogen-bond acceptors (Lipinski definition) is 2. The molecule has 0 radical (unpaired) electrons. The molecule has 1 fully saturated rings. The van der Waals surface area contributed by atoms with Crippen LogP contribution in [0.15, 0.2) is 24.3 Å². The lowest BCUT2D eigenvalue weighted by molar-refractivity contribution is -0.129. The Hall–Kier alpha value is -1.18. The molecule has 1 saturated heterocycles. The summed E-state index contributed by atoms with van der Waals surface area (Å²) in [6.45, 7) is 1.35. The van der Waals surface area contributed by atoms with Crippen molar-refractivity contribution in [1.29, 1.82) is 0 Å². The monoisotopic (exact) mass is 390 g/mol. The maximum Gasteiger partial charge on any atom is 0.251 e. The van der Waals surface area contributed by atoms with Gasteiger partial charge in [-0.25, -0.2) is 4.39 Å². The summed E-state index contributed by atoms with van der Waals surface area (Å²) in [5.74, 6) is -0.398. The molecule has 1 aliphatic rings. The number of alkyl halides is 1. The van der Waals surface area contributed by atoms with Gasteiger partial charge in [-0.05, 0) is 37.1 Å². The van der Waals surface area contributed by atoms with Crippen LogP contribution in [0.5, 0.6) is 0 Å². The Bertz CT molecular complexity index is 484. The Balaban J connectivity index is 1.85. The summed E-state index contributed by atoms with van der Waals surface area (Å²) in [5, 5.41) is 2.93. The zero-order valence-corrected chi connectivity index (χ0v) is 13.1. The first-order chi connectivity index (χ1) is 9.60. The normalized spacial score (nSPS) is 16.0. The molecule has 2 rings (SSSR count). The second-order valence-electron chi connectivity index (χ2n) is 4.77. The minimum absolute atomic E-state index is 0.0748. The average molecular weight is 390 g/mol. The predicted octanol–water partition coefficient (Wildman–Crippen LogP) is 1.98. The van der Waals surface area contributed by atoms with Crippen molar-refractivity contribution in [2.45, 2.75) is 18.9 Å². The third-order valence-electron chi connectivity index (χ3n) is 3.40. The van der Waals surface area contributed by atoms with Crippen LogP contribution in [-0.4, -0.2) is 40.3 Å². The number of halogens is 2. The van der Waals surface area contributed by atoms with Crippen molar-refractivity contribution in [2.75, 3.05) is 17.5 Å². The van der Waals surface area contributed by atoms with Crippen molar-refractivity contribution in [3.8, 4) is 0 Å². The SMILES string of the molecule is O=C(NC1CCN(C(=O)CI)CC1)c1ccc(F)cc1. The molecule has 0 saturated carbocycles. The molecule has 0 spiro atoms. The van der Waals surface area contributed by atoms with Gasteiger partial charge in [0, 0.05) is 24.7 Å². The number of benzene rings is 1. The third-order valence-corrected chi connectivity index (χ3v) is 4.06. The standard InChI is InChI=1S/C14H16FIN2O2/c15-11-3-1-10(2-4-11)14(20)17-12-5-7-18(8-6-12)13(19)9-16/h1-4,12H,5-9H2,(H,17,20). The smallest absolute Gasteiger partial charge is 0.251 e. The summed E-state index contributed by atoms with van der Waals surface area (Å²) in [4.78, 5) is 25.4. The fourth-order valence-corrected chi connectivity index (χ4v) is 2.71. The van der Waals surface area contributed by atoms with Crippen molar-refractivity contribution >= 4 is 34.4 Å². The number of rotatable bonds is 3. The van der Waals surface area contributed by atoms with Gasteiger partial charge in [0.15, 0.2) is 0 Å². The van der Waals surface area contributed by atoms with Gasteiger partial charge >= 0.3 is 0 Å². The molecule has 0 unspecified atom stereocenters. The highest BCUT2D eigenvalue weighted by molar-refractivity contribution is 14.1. The maximum absolute atomic E-state index is 12.8. The zero-order chi connectivity index (χ0) is 14.5. The number of hydrogen-bond donors (Lipinski definition) is 1. The summed E-state index contributed by atoms with van der Waals surface area (Å²) in [7, 11) is 0. The van der Waals surface area contributed by atoms with Crippen molar-refractivity contribution in [2.24, 2.45) is 0 Å². The van der Waals surface area contributed by atoms with Crippen LogP contribution in [0.3, 0.4) is 0 Å². The fraction of sp³-hybridized carbons (Fsp3) is 0.429. The van der Waals surface area contributed by atoms with Gasteiger partial charge in [-0.1, -0.05) is 22.6 Å². The summed E-state index contributed by atoms with van der Waals surface area (Å²) in [6, 6.07) is 5.57. The van der Waals surface area contributed by atoms with Crippen molar-refractivity contribution in [1.82, 2.24) is 10.2 Å². The Morgan fingerprint density at radius 3 is 2.40 bits per heavy atom. The van der Waals surface area contributed by atoms with E-state index in [0.29, 0.717) is 23.1 Å². The predicted molar refractivity (Wildman–Crippen MR) is 82.4 cm³/mol. The molecule has 0 aromatic heterocycles. The fourth-order valence-electron chi connectivity index (χ4n) is 2.23. The molecule has 1 aliphatic heterocycles. The van der Waals surface area contributed by atoms with E-state index in [2.05, 4.69) is 27.9 Å². The number of carbonyl (C=O) groups excluding carboxylic acids is 2. The molecule has 1 aromatic rings. The lowest BCUT2D eigenvalue weighted by Crippen LogP contribution is -2.46. The number of nitrogens with zero attached hydrogens (tertiary/aromatic N) is 1. The number of piperidine rings is 1. The van der Waals surface area contributed by atoms with Gasteiger partial charge in [-0.3, -0.25) is 9.59 Å². The first kappa shape index (κ1) is 15.2. The van der Waals surface area contributed by atoms with E-state index in [-0.39, 0.29) is 23.7 Å². The zero-order valence-electron chi connectivity index (χ0n) is 10.9. The van der Waals surface area contributed by atoms with Crippen molar-refractivity contribution in [3.63, 3.8) is 0 Å². The van der Waals surface area contributed by atoms with E-state index in [1.54, 1.807) is 0 Å². The molecular formula is C14H16FIN2O2. The molecule has 0 atom stereocenters. The van der Waals surface area contributed by atoms with Crippen molar-refractivity contribution in [3.05, 3.63) is 35.6 Å². The van der Waals surface area contributed by atoms with Crippen LogP contribution >= 0.6 is 22.6 Å². The molecule has 108 valence electrons. The average Bonchev–Trinajstić information content (AvgIpc) is 2.48. The van der Waals surface area contributed by atoms with Gasteiger partial charge < -0.3 is 10.2 Å². The van der Waals surface area contributed by atoms with Crippen LogP contribution < -0.4 is 5.32 Å². The van der Waals surface area contributed by atoms with Gasteiger partial charge in [-0.2, -0.15) is 0 Å². The number of amides is 2. The van der Waals surface area contributed by atoms with Gasteiger partial charge in [0.25, 0.3) is 5.91 Å². The molecule has 1 N–H and O–H groups in total. The lowest BCUT2D eigenvalue weighted by Gasteiger charge is -2.32. The molecule has 20 heavy (non-hydrogen) atoms.